The van der Waals surface area contributed by atoms with E-state index in [0.717, 1.165) is 25.2 Å². The first kappa shape index (κ1) is 11.5. The predicted molar refractivity (Wildman–Crippen MR) is 56.1 cm³/mol. The van der Waals surface area contributed by atoms with Crippen LogP contribution in [-0.2, 0) is 9.53 Å². The van der Waals surface area contributed by atoms with Crippen molar-refractivity contribution >= 4 is 5.91 Å². The zero-order chi connectivity index (χ0) is 10.4. The Balaban J connectivity index is 2.08. The minimum Gasteiger partial charge on any atom is -0.385 e. The van der Waals surface area contributed by atoms with E-state index in [-0.39, 0.29) is 5.91 Å². The molecule has 0 heterocycles. The van der Waals surface area contributed by atoms with Crippen LogP contribution >= 0.6 is 0 Å². The van der Waals surface area contributed by atoms with E-state index in [0.29, 0.717) is 19.1 Å². The molecule has 1 rings (SSSR count). The first-order chi connectivity index (χ1) is 6.72. The van der Waals surface area contributed by atoms with Crippen LogP contribution in [0.4, 0.5) is 0 Å². The molecule has 3 heteroatoms. The van der Waals surface area contributed by atoms with Crippen molar-refractivity contribution in [1.82, 2.24) is 5.32 Å². The molecule has 0 aromatic rings. The summed E-state index contributed by atoms with van der Waals surface area (Å²) in [5, 5.41) is 3.07. The summed E-state index contributed by atoms with van der Waals surface area (Å²) in [6, 6.07) is 0.431. The van der Waals surface area contributed by atoms with E-state index < -0.39 is 0 Å². The summed E-state index contributed by atoms with van der Waals surface area (Å²) in [5.41, 5.74) is 0. The normalized spacial score (nSPS) is 26.4. The molecule has 0 aromatic carbocycles. The van der Waals surface area contributed by atoms with Gasteiger partial charge in [-0.3, -0.25) is 4.79 Å². The number of carbonyl (C=O) groups excluding carboxylic acids is 1. The van der Waals surface area contributed by atoms with Crippen LogP contribution in [0.1, 0.15) is 39.0 Å². The van der Waals surface area contributed by atoms with Crippen molar-refractivity contribution in [2.45, 2.75) is 45.1 Å². The highest BCUT2D eigenvalue weighted by atomic mass is 16.5. The highest BCUT2D eigenvalue weighted by Crippen LogP contribution is 2.24. The summed E-state index contributed by atoms with van der Waals surface area (Å²) in [5.74, 6) is 0.959. The molecule has 0 aliphatic heterocycles. The highest BCUT2D eigenvalue weighted by molar-refractivity contribution is 5.76. The van der Waals surface area contributed by atoms with Gasteiger partial charge in [-0.2, -0.15) is 0 Å². The molecule has 0 aromatic heterocycles. The lowest BCUT2D eigenvalue weighted by Crippen LogP contribution is -2.32. The lowest BCUT2D eigenvalue weighted by Gasteiger charge is -2.11. The largest absolute Gasteiger partial charge is 0.385 e. The molecule has 1 amide bonds. The molecule has 2 unspecified atom stereocenters. The number of hydrogen-bond acceptors (Lipinski definition) is 2. The molecule has 0 saturated heterocycles. The van der Waals surface area contributed by atoms with Crippen molar-refractivity contribution in [2.24, 2.45) is 5.92 Å². The molecule has 1 aliphatic carbocycles. The summed E-state index contributed by atoms with van der Waals surface area (Å²) in [6.07, 6.45) is 4.97. The fraction of sp³-hybridized carbons (Fsp3) is 0.909. The smallest absolute Gasteiger partial charge is 0.220 e. The molecule has 1 saturated carbocycles. The average molecular weight is 199 g/mol. The zero-order valence-electron chi connectivity index (χ0n) is 9.21. The van der Waals surface area contributed by atoms with Gasteiger partial charge in [-0.05, 0) is 31.6 Å². The van der Waals surface area contributed by atoms with Crippen LogP contribution in [0.15, 0.2) is 0 Å². The van der Waals surface area contributed by atoms with Gasteiger partial charge >= 0.3 is 0 Å². The van der Waals surface area contributed by atoms with Gasteiger partial charge in [0.15, 0.2) is 0 Å². The van der Waals surface area contributed by atoms with Gasteiger partial charge in [0.25, 0.3) is 0 Å². The molecule has 0 bridgehead atoms. The Morgan fingerprint density at radius 3 is 2.86 bits per heavy atom. The van der Waals surface area contributed by atoms with Crippen molar-refractivity contribution < 1.29 is 9.53 Å². The average Bonchev–Trinajstić information content (AvgIpc) is 2.52. The third-order valence-corrected chi connectivity index (χ3v) is 2.81. The number of amides is 1. The molecule has 14 heavy (non-hydrogen) atoms. The van der Waals surface area contributed by atoms with Gasteiger partial charge in [-0.25, -0.2) is 0 Å². The third kappa shape index (κ3) is 4.09. The van der Waals surface area contributed by atoms with Crippen LogP contribution < -0.4 is 5.32 Å². The maximum absolute atomic E-state index is 11.4. The van der Waals surface area contributed by atoms with Crippen LogP contribution in [0, 0.1) is 5.92 Å². The Bertz CT molecular complexity index is 182. The predicted octanol–water partition coefficient (Wildman–Crippen LogP) is 1.72. The summed E-state index contributed by atoms with van der Waals surface area (Å²) in [6.45, 7) is 2.92. The summed E-state index contributed by atoms with van der Waals surface area (Å²) < 4.78 is 4.90. The molecule has 1 N–H and O–H groups in total. The van der Waals surface area contributed by atoms with Crippen molar-refractivity contribution in [2.75, 3.05) is 13.7 Å². The Hall–Kier alpha value is -0.570. The van der Waals surface area contributed by atoms with E-state index in [4.69, 9.17) is 4.74 Å². The van der Waals surface area contributed by atoms with Crippen LogP contribution in [0.3, 0.4) is 0 Å². The minimum atomic E-state index is 0.182. The van der Waals surface area contributed by atoms with Crippen molar-refractivity contribution in [3.63, 3.8) is 0 Å². The van der Waals surface area contributed by atoms with Crippen molar-refractivity contribution in [3.05, 3.63) is 0 Å². The van der Waals surface area contributed by atoms with E-state index in [9.17, 15) is 4.79 Å². The molecule has 0 spiro atoms. The monoisotopic (exact) mass is 199 g/mol. The maximum Gasteiger partial charge on any atom is 0.220 e. The fourth-order valence-corrected chi connectivity index (χ4v) is 2.02. The molecule has 1 aliphatic rings. The van der Waals surface area contributed by atoms with E-state index in [1.165, 1.54) is 6.42 Å². The Labute approximate surface area is 86.2 Å². The number of ether oxygens (including phenoxy) is 1. The molecular weight excluding hydrogens is 178 g/mol. The number of carbonyl (C=O) groups is 1. The second-order valence-corrected chi connectivity index (χ2v) is 4.28. The lowest BCUT2D eigenvalue weighted by molar-refractivity contribution is -0.122. The summed E-state index contributed by atoms with van der Waals surface area (Å²) in [7, 11) is 1.66. The van der Waals surface area contributed by atoms with Gasteiger partial charge in [0.05, 0.1) is 0 Å². The molecule has 82 valence electrons. The molecule has 2 atom stereocenters. The highest BCUT2D eigenvalue weighted by Gasteiger charge is 2.22. The van der Waals surface area contributed by atoms with Gasteiger partial charge in [0, 0.05) is 26.2 Å². The number of hydrogen-bond donors (Lipinski definition) is 1. The van der Waals surface area contributed by atoms with Gasteiger partial charge in [-0.15, -0.1) is 0 Å². The van der Waals surface area contributed by atoms with Gasteiger partial charge in [0.1, 0.15) is 0 Å². The number of methoxy groups -OCH3 is 1. The summed E-state index contributed by atoms with van der Waals surface area (Å²) >= 11 is 0. The number of nitrogens with one attached hydrogen (secondary N) is 1. The minimum absolute atomic E-state index is 0.182. The van der Waals surface area contributed by atoms with Gasteiger partial charge < -0.3 is 10.1 Å². The van der Waals surface area contributed by atoms with E-state index in [1.807, 2.05) is 0 Å². The first-order valence-corrected chi connectivity index (χ1v) is 5.50. The first-order valence-electron chi connectivity index (χ1n) is 5.50. The van der Waals surface area contributed by atoms with Crippen LogP contribution in [0.5, 0.6) is 0 Å². The van der Waals surface area contributed by atoms with Crippen LogP contribution in [0.2, 0.25) is 0 Å². The Morgan fingerprint density at radius 2 is 2.29 bits per heavy atom. The van der Waals surface area contributed by atoms with E-state index >= 15 is 0 Å². The topological polar surface area (TPSA) is 38.3 Å². The third-order valence-electron chi connectivity index (χ3n) is 2.81. The quantitative estimate of drug-likeness (QED) is 0.685. The Kier molecular flexibility index (Phi) is 4.94. The Morgan fingerprint density at radius 1 is 1.50 bits per heavy atom. The van der Waals surface area contributed by atoms with E-state index in [1.54, 1.807) is 7.11 Å². The molecule has 3 nitrogen and oxygen atoms in total. The van der Waals surface area contributed by atoms with Crippen LogP contribution in [0.25, 0.3) is 0 Å². The van der Waals surface area contributed by atoms with Crippen molar-refractivity contribution in [3.8, 4) is 0 Å². The van der Waals surface area contributed by atoms with Gasteiger partial charge in [0.2, 0.25) is 5.91 Å². The van der Waals surface area contributed by atoms with E-state index in [2.05, 4.69) is 12.2 Å². The lowest BCUT2D eigenvalue weighted by atomic mass is 10.1. The van der Waals surface area contributed by atoms with Crippen molar-refractivity contribution in [1.29, 1.82) is 0 Å². The zero-order valence-corrected chi connectivity index (χ0v) is 9.21. The second kappa shape index (κ2) is 6.02. The second-order valence-electron chi connectivity index (χ2n) is 4.28. The molecular formula is C11H21NO2. The summed E-state index contributed by atoms with van der Waals surface area (Å²) in [4.78, 5) is 11.4. The number of rotatable bonds is 5. The maximum atomic E-state index is 11.4. The SMILES string of the molecule is COCCCC(=O)NC1CCC(C)C1. The van der Waals surface area contributed by atoms with Gasteiger partial charge in [-0.1, -0.05) is 6.92 Å². The molecule has 0 radical (unpaired) electrons. The standard InChI is InChI=1S/C11H21NO2/c1-9-5-6-10(8-9)12-11(13)4-3-7-14-2/h9-10H,3-8H2,1-2H3,(H,12,13). The van der Waals surface area contributed by atoms with Crippen LogP contribution in [-0.4, -0.2) is 25.7 Å². The molecule has 1 fully saturated rings. The fourth-order valence-electron chi connectivity index (χ4n) is 2.02.